The fraction of sp³-hybridized carbons (Fsp3) is 0. The van der Waals surface area contributed by atoms with E-state index in [4.69, 9.17) is 5.73 Å². The zero-order valence-corrected chi connectivity index (χ0v) is 8.77. The summed E-state index contributed by atoms with van der Waals surface area (Å²) in [5.41, 5.74) is 6.37. The van der Waals surface area contributed by atoms with Gasteiger partial charge in [0.25, 0.3) is 0 Å². The van der Waals surface area contributed by atoms with Gasteiger partial charge in [-0.2, -0.15) is 4.98 Å². The van der Waals surface area contributed by atoms with E-state index >= 15 is 0 Å². The molecule has 0 aliphatic heterocycles. The number of nitrogens with two attached hydrogens (primary N) is 1. The summed E-state index contributed by atoms with van der Waals surface area (Å²) in [4.78, 5) is 11.8. The lowest BCUT2D eigenvalue weighted by Crippen LogP contribution is -1.97. The number of aromatic nitrogens is 3. The maximum atomic E-state index is 5.45. The molecule has 1 aromatic carbocycles. The Bertz CT molecular complexity index is 441. The minimum atomic E-state index is 0.234. The van der Waals surface area contributed by atoms with E-state index in [1.165, 1.54) is 6.33 Å². The molecular formula is C9H7BrN4. The largest absolute Gasteiger partial charge is 0.368 e. The van der Waals surface area contributed by atoms with Crippen LogP contribution in [0.25, 0.3) is 11.4 Å². The van der Waals surface area contributed by atoms with Gasteiger partial charge in [-0.25, -0.2) is 9.97 Å². The molecule has 0 saturated carbocycles. The molecule has 0 fully saturated rings. The maximum absolute atomic E-state index is 5.45. The van der Waals surface area contributed by atoms with Crippen molar-refractivity contribution in [3.05, 3.63) is 35.1 Å². The number of halogens is 1. The smallest absolute Gasteiger partial charge is 0.223 e. The molecule has 0 aliphatic rings. The quantitative estimate of drug-likeness (QED) is 0.840. The number of nitrogen functional groups attached to an aromatic ring is 1. The molecule has 14 heavy (non-hydrogen) atoms. The Balaban J connectivity index is 2.44. The molecule has 0 aliphatic carbocycles. The summed E-state index contributed by atoms with van der Waals surface area (Å²) in [5, 5.41) is 0. The van der Waals surface area contributed by atoms with Crippen molar-refractivity contribution in [1.82, 2.24) is 15.0 Å². The maximum Gasteiger partial charge on any atom is 0.223 e. The predicted octanol–water partition coefficient (Wildman–Crippen LogP) is 1.88. The summed E-state index contributed by atoms with van der Waals surface area (Å²) >= 11 is 3.35. The molecule has 0 amide bonds. The first-order valence-electron chi connectivity index (χ1n) is 3.96. The lowest BCUT2D eigenvalue weighted by Gasteiger charge is -1.99. The summed E-state index contributed by atoms with van der Waals surface area (Å²) in [6.45, 7) is 0. The number of rotatable bonds is 1. The zero-order chi connectivity index (χ0) is 9.97. The van der Waals surface area contributed by atoms with Crippen molar-refractivity contribution >= 4 is 21.9 Å². The van der Waals surface area contributed by atoms with Crippen molar-refractivity contribution in [3.63, 3.8) is 0 Å². The molecule has 2 N–H and O–H groups in total. The Morgan fingerprint density at radius 2 is 1.79 bits per heavy atom. The van der Waals surface area contributed by atoms with Crippen molar-refractivity contribution in [2.45, 2.75) is 0 Å². The minimum Gasteiger partial charge on any atom is -0.368 e. The highest BCUT2D eigenvalue weighted by Crippen LogP contribution is 2.17. The van der Waals surface area contributed by atoms with Crippen LogP contribution in [0.15, 0.2) is 35.1 Å². The van der Waals surface area contributed by atoms with E-state index in [0.717, 1.165) is 10.0 Å². The molecule has 0 spiro atoms. The van der Waals surface area contributed by atoms with Crippen LogP contribution in [0.4, 0.5) is 5.95 Å². The van der Waals surface area contributed by atoms with Crippen LogP contribution >= 0.6 is 15.9 Å². The van der Waals surface area contributed by atoms with Gasteiger partial charge >= 0.3 is 0 Å². The van der Waals surface area contributed by atoms with Crippen LogP contribution in [0.2, 0.25) is 0 Å². The van der Waals surface area contributed by atoms with E-state index in [0.29, 0.717) is 5.82 Å². The first kappa shape index (κ1) is 9.08. The highest BCUT2D eigenvalue weighted by molar-refractivity contribution is 9.10. The Labute approximate surface area is 89.4 Å². The number of anilines is 1. The van der Waals surface area contributed by atoms with E-state index in [2.05, 4.69) is 30.9 Å². The fourth-order valence-electron chi connectivity index (χ4n) is 1.05. The Hall–Kier alpha value is -1.49. The van der Waals surface area contributed by atoms with E-state index < -0.39 is 0 Å². The highest BCUT2D eigenvalue weighted by atomic mass is 79.9. The van der Waals surface area contributed by atoms with Crippen LogP contribution in [0.3, 0.4) is 0 Å². The zero-order valence-electron chi connectivity index (χ0n) is 7.18. The molecule has 70 valence electrons. The van der Waals surface area contributed by atoms with Crippen LogP contribution < -0.4 is 5.73 Å². The number of hydrogen-bond donors (Lipinski definition) is 1. The third-order valence-corrected chi connectivity index (χ3v) is 2.22. The van der Waals surface area contributed by atoms with Gasteiger partial charge in [0, 0.05) is 10.0 Å². The molecular weight excluding hydrogens is 244 g/mol. The third-order valence-electron chi connectivity index (χ3n) is 1.69. The molecule has 5 heteroatoms. The third kappa shape index (κ3) is 1.88. The van der Waals surface area contributed by atoms with Gasteiger partial charge < -0.3 is 5.73 Å². The van der Waals surface area contributed by atoms with Gasteiger partial charge in [-0.15, -0.1) is 0 Å². The van der Waals surface area contributed by atoms with Crippen molar-refractivity contribution in [2.75, 3.05) is 5.73 Å². The van der Waals surface area contributed by atoms with Crippen LogP contribution in [0.5, 0.6) is 0 Å². The lowest BCUT2D eigenvalue weighted by atomic mass is 10.2. The van der Waals surface area contributed by atoms with E-state index in [1.807, 2.05) is 24.3 Å². The van der Waals surface area contributed by atoms with Crippen molar-refractivity contribution in [1.29, 1.82) is 0 Å². The monoisotopic (exact) mass is 250 g/mol. The van der Waals surface area contributed by atoms with E-state index in [-0.39, 0.29) is 5.95 Å². The van der Waals surface area contributed by atoms with Gasteiger partial charge in [-0.3, -0.25) is 0 Å². The Morgan fingerprint density at radius 1 is 1.07 bits per heavy atom. The van der Waals surface area contributed by atoms with Gasteiger partial charge in [0.1, 0.15) is 6.33 Å². The molecule has 1 heterocycles. The van der Waals surface area contributed by atoms with Crippen molar-refractivity contribution in [2.24, 2.45) is 0 Å². The predicted molar refractivity (Wildman–Crippen MR) is 57.4 cm³/mol. The molecule has 0 radical (unpaired) electrons. The van der Waals surface area contributed by atoms with E-state index in [9.17, 15) is 0 Å². The van der Waals surface area contributed by atoms with Crippen LogP contribution in [0.1, 0.15) is 0 Å². The second kappa shape index (κ2) is 3.71. The van der Waals surface area contributed by atoms with Crippen LogP contribution in [0, 0.1) is 0 Å². The normalized spacial score (nSPS) is 10.1. The first-order valence-corrected chi connectivity index (χ1v) is 4.75. The SMILES string of the molecule is Nc1ncnc(-c2ccc(Br)cc2)n1. The van der Waals surface area contributed by atoms with Crippen molar-refractivity contribution in [3.8, 4) is 11.4 Å². The molecule has 0 bridgehead atoms. The van der Waals surface area contributed by atoms with Gasteiger partial charge in [-0.05, 0) is 12.1 Å². The molecule has 2 rings (SSSR count). The Morgan fingerprint density at radius 3 is 2.43 bits per heavy atom. The summed E-state index contributed by atoms with van der Waals surface area (Å²) < 4.78 is 1.02. The second-order valence-corrected chi connectivity index (χ2v) is 3.59. The van der Waals surface area contributed by atoms with Gasteiger partial charge in [0.05, 0.1) is 0 Å². The number of hydrogen-bond acceptors (Lipinski definition) is 4. The van der Waals surface area contributed by atoms with E-state index in [1.54, 1.807) is 0 Å². The summed E-state index contributed by atoms with van der Waals surface area (Å²) in [6, 6.07) is 7.68. The average molecular weight is 251 g/mol. The molecule has 2 aromatic rings. The number of benzene rings is 1. The highest BCUT2D eigenvalue weighted by Gasteiger charge is 2.00. The van der Waals surface area contributed by atoms with Gasteiger partial charge in [0.15, 0.2) is 5.82 Å². The molecule has 4 nitrogen and oxygen atoms in total. The van der Waals surface area contributed by atoms with Crippen LogP contribution in [-0.4, -0.2) is 15.0 Å². The average Bonchev–Trinajstić information content (AvgIpc) is 2.19. The number of nitrogens with zero attached hydrogens (tertiary/aromatic N) is 3. The molecule has 0 atom stereocenters. The second-order valence-electron chi connectivity index (χ2n) is 2.67. The molecule has 0 saturated heterocycles. The summed E-state index contributed by atoms with van der Waals surface area (Å²) in [5.74, 6) is 0.822. The lowest BCUT2D eigenvalue weighted by molar-refractivity contribution is 1.07. The minimum absolute atomic E-state index is 0.234. The molecule has 0 unspecified atom stereocenters. The summed E-state index contributed by atoms with van der Waals surface area (Å²) in [7, 11) is 0. The van der Waals surface area contributed by atoms with Gasteiger partial charge in [-0.1, -0.05) is 28.1 Å². The first-order chi connectivity index (χ1) is 6.75. The standard InChI is InChI=1S/C9H7BrN4/c10-7-3-1-6(2-4-7)8-12-5-13-9(11)14-8/h1-5H,(H2,11,12,13,14). The Kier molecular flexibility index (Phi) is 2.41. The topological polar surface area (TPSA) is 64.7 Å². The fourth-order valence-corrected chi connectivity index (χ4v) is 1.31. The molecule has 1 aromatic heterocycles. The van der Waals surface area contributed by atoms with Crippen molar-refractivity contribution < 1.29 is 0 Å². The van der Waals surface area contributed by atoms with Crippen LogP contribution in [-0.2, 0) is 0 Å². The summed E-state index contributed by atoms with van der Waals surface area (Å²) in [6.07, 6.45) is 1.40. The van der Waals surface area contributed by atoms with Gasteiger partial charge in [0.2, 0.25) is 5.95 Å².